The molecular formula is C23H24N2O3. The molecule has 0 aromatic heterocycles. The van der Waals surface area contributed by atoms with Crippen LogP contribution in [0.25, 0.3) is 0 Å². The Morgan fingerprint density at radius 2 is 1.75 bits per heavy atom. The van der Waals surface area contributed by atoms with Crippen LogP contribution in [-0.2, 0) is 14.3 Å². The first-order valence-corrected chi connectivity index (χ1v) is 9.54. The molecule has 0 unspecified atom stereocenters. The smallest absolute Gasteiger partial charge is 0.316 e. The van der Waals surface area contributed by atoms with Crippen molar-refractivity contribution in [2.45, 2.75) is 26.3 Å². The van der Waals surface area contributed by atoms with Crippen molar-refractivity contribution in [2.24, 2.45) is 11.8 Å². The quantitative estimate of drug-likeness (QED) is 0.607. The van der Waals surface area contributed by atoms with E-state index in [1.165, 1.54) is 7.11 Å². The summed E-state index contributed by atoms with van der Waals surface area (Å²) in [6, 6.07) is 15.6. The van der Waals surface area contributed by atoms with Crippen molar-refractivity contribution >= 4 is 23.1 Å². The number of para-hydroxylation sites is 2. The summed E-state index contributed by atoms with van der Waals surface area (Å²) in [5, 5.41) is 7.01. The minimum absolute atomic E-state index is 0.131. The molecule has 2 aliphatic rings. The van der Waals surface area contributed by atoms with Crippen LogP contribution in [0.3, 0.4) is 0 Å². The zero-order valence-electron chi connectivity index (χ0n) is 16.3. The fraction of sp³-hybridized carbons (Fsp3) is 0.304. The number of rotatable bonds is 2. The molecule has 0 saturated heterocycles. The molecule has 0 radical (unpaired) electrons. The van der Waals surface area contributed by atoms with E-state index in [4.69, 9.17) is 4.74 Å². The monoisotopic (exact) mass is 376 g/mol. The average Bonchev–Trinajstić information content (AvgIpc) is 2.84. The Morgan fingerprint density at radius 1 is 1.07 bits per heavy atom. The maximum atomic E-state index is 13.5. The van der Waals surface area contributed by atoms with Crippen molar-refractivity contribution in [2.75, 3.05) is 17.7 Å². The molecule has 0 bridgehead atoms. The molecule has 0 fully saturated rings. The van der Waals surface area contributed by atoms with Gasteiger partial charge in [0.1, 0.15) is 5.92 Å². The maximum Gasteiger partial charge on any atom is 0.316 e. The number of anilines is 2. The van der Waals surface area contributed by atoms with Gasteiger partial charge < -0.3 is 15.4 Å². The average molecular weight is 376 g/mol. The Kier molecular flexibility index (Phi) is 4.67. The molecule has 4 rings (SSSR count). The highest BCUT2D eigenvalue weighted by Crippen LogP contribution is 2.44. The van der Waals surface area contributed by atoms with E-state index in [-0.39, 0.29) is 17.7 Å². The van der Waals surface area contributed by atoms with Crippen molar-refractivity contribution < 1.29 is 14.3 Å². The third-order valence-corrected chi connectivity index (χ3v) is 5.72. The van der Waals surface area contributed by atoms with Crippen LogP contribution in [-0.4, -0.2) is 18.9 Å². The Balaban J connectivity index is 1.90. The predicted molar refractivity (Wildman–Crippen MR) is 109 cm³/mol. The van der Waals surface area contributed by atoms with E-state index in [2.05, 4.69) is 10.6 Å². The summed E-state index contributed by atoms with van der Waals surface area (Å²) in [7, 11) is 1.34. The number of ketones is 1. The minimum Gasteiger partial charge on any atom is -0.468 e. The van der Waals surface area contributed by atoms with Crippen LogP contribution in [0.4, 0.5) is 11.4 Å². The number of hydrogen-bond donors (Lipinski definition) is 2. The fourth-order valence-electron chi connectivity index (χ4n) is 4.28. The molecule has 2 aromatic carbocycles. The number of allylic oxidation sites excluding steroid dienone is 1. The molecule has 2 aromatic rings. The van der Waals surface area contributed by atoms with Crippen LogP contribution in [0, 0.1) is 18.8 Å². The van der Waals surface area contributed by atoms with Gasteiger partial charge in [0.05, 0.1) is 24.5 Å². The van der Waals surface area contributed by atoms with Crippen molar-refractivity contribution in [1.82, 2.24) is 0 Å². The summed E-state index contributed by atoms with van der Waals surface area (Å²) in [6.45, 7) is 3.97. The van der Waals surface area contributed by atoms with Gasteiger partial charge in [-0.3, -0.25) is 9.59 Å². The Hall–Kier alpha value is -3.08. The lowest BCUT2D eigenvalue weighted by Gasteiger charge is -2.32. The maximum absolute atomic E-state index is 13.5. The molecule has 3 atom stereocenters. The van der Waals surface area contributed by atoms with Crippen molar-refractivity contribution in [3.05, 3.63) is 70.9 Å². The molecule has 1 aliphatic heterocycles. The molecule has 1 aliphatic carbocycles. The molecule has 28 heavy (non-hydrogen) atoms. The van der Waals surface area contributed by atoms with E-state index >= 15 is 0 Å². The largest absolute Gasteiger partial charge is 0.468 e. The van der Waals surface area contributed by atoms with E-state index in [0.29, 0.717) is 12.0 Å². The first kappa shape index (κ1) is 18.3. The summed E-state index contributed by atoms with van der Waals surface area (Å²) in [5.41, 5.74) is 5.48. The van der Waals surface area contributed by atoms with Gasteiger partial charge in [-0.2, -0.15) is 0 Å². The number of hydrogen-bond acceptors (Lipinski definition) is 5. The van der Waals surface area contributed by atoms with Gasteiger partial charge in [0.2, 0.25) is 0 Å². The summed E-state index contributed by atoms with van der Waals surface area (Å²) in [4.78, 5) is 25.9. The molecule has 1 heterocycles. The second-order valence-electron chi connectivity index (χ2n) is 7.54. The van der Waals surface area contributed by atoms with Crippen LogP contribution in [0.1, 0.15) is 30.5 Å². The highest BCUT2D eigenvalue weighted by atomic mass is 16.5. The third kappa shape index (κ3) is 2.97. The lowest BCUT2D eigenvalue weighted by molar-refractivity contribution is -0.151. The Bertz CT molecular complexity index is 979. The van der Waals surface area contributed by atoms with E-state index in [0.717, 1.165) is 28.2 Å². The molecule has 5 nitrogen and oxygen atoms in total. The minimum atomic E-state index is -0.778. The second kappa shape index (κ2) is 7.15. The van der Waals surface area contributed by atoms with Gasteiger partial charge >= 0.3 is 5.97 Å². The van der Waals surface area contributed by atoms with Crippen LogP contribution in [0.5, 0.6) is 0 Å². The van der Waals surface area contributed by atoms with E-state index in [1.807, 2.05) is 62.4 Å². The first-order chi connectivity index (χ1) is 13.5. The number of ether oxygens (including phenoxy) is 1. The predicted octanol–water partition coefficient (Wildman–Crippen LogP) is 4.23. The van der Waals surface area contributed by atoms with Gasteiger partial charge in [-0.1, -0.05) is 43.3 Å². The summed E-state index contributed by atoms with van der Waals surface area (Å²) >= 11 is 0. The number of benzene rings is 2. The Labute approximate surface area is 164 Å². The van der Waals surface area contributed by atoms with Crippen LogP contribution >= 0.6 is 0 Å². The first-order valence-electron chi connectivity index (χ1n) is 9.54. The molecule has 2 N–H and O–H groups in total. The number of methoxy groups -OCH3 is 1. The number of nitrogens with one attached hydrogen (secondary N) is 2. The molecule has 0 spiro atoms. The zero-order chi connectivity index (χ0) is 19.8. The Morgan fingerprint density at radius 3 is 2.46 bits per heavy atom. The SMILES string of the molecule is COC(=O)[C@@H]1C(=O)C2=C(C[C@@H]1C)Nc1ccccc1N[C@H]2c1ccccc1C. The van der Waals surface area contributed by atoms with Gasteiger partial charge in [0.15, 0.2) is 5.78 Å². The van der Waals surface area contributed by atoms with Crippen LogP contribution in [0.2, 0.25) is 0 Å². The highest BCUT2D eigenvalue weighted by Gasteiger charge is 2.44. The lowest BCUT2D eigenvalue weighted by atomic mass is 9.74. The van der Waals surface area contributed by atoms with Gasteiger partial charge in [0.25, 0.3) is 0 Å². The number of Topliss-reactive ketones (excluding diaryl/α,β-unsaturated/α-hetero) is 1. The number of carbonyl (C=O) groups is 2. The topological polar surface area (TPSA) is 67.4 Å². The van der Waals surface area contributed by atoms with Crippen LogP contribution in [0.15, 0.2) is 59.8 Å². The molecule has 144 valence electrons. The standard InChI is InChI=1S/C23H24N2O3/c1-13-8-4-5-9-15(13)21-20-18(24-16-10-6-7-11-17(16)25-21)12-14(2)19(22(20)26)23(27)28-3/h4-11,14,19,21,24-25H,12H2,1-3H3/t14-,19-,21-/m0/s1. The van der Waals surface area contributed by atoms with Crippen LogP contribution < -0.4 is 10.6 Å². The number of carbonyl (C=O) groups excluding carboxylic acids is 2. The van der Waals surface area contributed by atoms with E-state index < -0.39 is 11.9 Å². The normalized spacial score (nSPS) is 23.7. The van der Waals surface area contributed by atoms with Crippen molar-refractivity contribution in [1.29, 1.82) is 0 Å². The fourth-order valence-corrected chi connectivity index (χ4v) is 4.28. The number of fused-ring (bicyclic) bond motifs is 1. The van der Waals surface area contributed by atoms with E-state index in [9.17, 15) is 9.59 Å². The lowest BCUT2D eigenvalue weighted by Crippen LogP contribution is -2.39. The number of esters is 1. The molecule has 5 heteroatoms. The van der Waals surface area contributed by atoms with Gasteiger partial charge in [-0.25, -0.2) is 0 Å². The second-order valence-corrected chi connectivity index (χ2v) is 7.54. The summed E-state index contributed by atoms with van der Waals surface area (Å²) in [5.74, 6) is -1.54. The molecule has 0 amide bonds. The summed E-state index contributed by atoms with van der Waals surface area (Å²) < 4.78 is 4.94. The number of aryl methyl sites for hydroxylation is 1. The van der Waals surface area contributed by atoms with Crippen molar-refractivity contribution in [3.63, 3.8) is 0 Å². The molecular weight excluding hydrogens is 352 g/mol. The van der Waals surface area contributed by atoms with E-state index in [1.54, 1.807) is 0 Å². The van der Waals surface area contributed by atoms with Gasteiger partial charge in [-0.15, -0.1) is 0 Å². The van der Waals surface area contributed by atoms with Gasteiger partial charge in [-0.05, 0) is 42.5 Å². The highest BCUT2D eigenvalue weighted by molar-refractivity contribution is 6.11. The van der Waals surface area contributed by atoms with Crippen molar-refractivity contribution in [3.8, 4) is 0 Å². The van der Waals surface area contributed by atoms with Gasteiger partial charge in [0, 0.05) is 11.3 Å². The summed E-state index contributed by atoms with van der Waals surface area (Å²) in [6.07, 6.45) is 0.610. The third-order valence-electron chi connectivity index (χ3n) is 5.72. The molecule has 0 saturated carbocycles. The zero-order valence-corrected chi connectivity index (χ0v) is 16.3.